The monoisotopic (exact) mass is 513 g/mol. The number of hydrogen-bond donors (Lipinski definition) is 1. The van der Waals surface area contributed by atoms with Gasteiger partial charge < -0.3 is 14.0 Å². The molecule has 0 bridgehead atoms. The summed E-state index contributed by atoms with van der Waals surface area (Å²) in [4.78, 5) is 18.7. The molecule has 0 saturated heterocycles. The number of thioether (sulfide) groups is 1. The summed E-state index contributed by atoms with van der Waals surface area (Å²) >= 11 is 1.28. The van der Waals surface area contributed by atoms with Crippen molar-refractivity contribution in [2.75, 3.05) is 0 Å². The lowest BCUT2D eigenvalue weighted by atomic mass is 10.1. The summed E-state index contributed by atoms with van der Waals surface area (Å²) < 4.78 is 37.1. The highest BCUT2D eigenvalue weighted by atomic mass is 32.2. The van der Waals surface area contributed by atoms with Crippen LogP contribution in [0.2, 0.25) is 0 Å². The maximum Gasteiger partial charge on any atom is 0.319 e. The maximum atomic E-state index is 14.0. The maximum absolute atomic E-state index is 14.0. The first kappa shape index (κ1) is 25.6. The van der Waals surface area contributed by atoms with Crippen LogP contribution >= 0.6 is 11.8 Å². The van der Waals surface area contributed by atoms with Crippen molar-refractivity contribution in [3.63, 3.8) is 0 Å². The van der Waals surface area contributed by atoms with Gasteiger partial charge in [0.05, 0.1) is 19.4 Å². The average molecular weight is 514 g/mol. The molecule has 0 aliphatic heterocycles. The van der Waals surface area contributed by atoms with Crippen molar-refractivity contribution in [1.82, 2.24) is 15.0 Å². The Labute approximate surface area is 211 Å². The molecule has 188 valence electrons. The minimum absolute atomic E-state index is 0.0830. The van der Waals surface area contributed by atoms with Crippen molar-refractivity contribution < 1.29 is 27.6 Å². The number of benzene rings is 2. The third-order valence-corrected chi connectivity index (χ3v) is 6.60. The van der Waals surface area contributed by atoms with E-state index in [0.717, 1.165) is 22.3 Å². The van der Waals surface area contributed by atoms with Crippen molar-refractivity contribution in [3.05, 3.63) is 101 Å². The molecule has 2 aromatic carbocycles. The Morgan fingerprint density at radius 1 is 1.08 bits per heavy atom. The van der Waals surface area contributed by atoms with E-state index in [9.17, 15) is 18.7 Å². The fraction of sp³-hybridized carbons (Fsp3) is 0.269. The highest BCUT2D eigenvalue weighted by molar-refractivity contribution is 8.01. The van der Waals surface area contributed by atoms with Crippen LogP contribution in [0, 0.1) is 11.6 Å². The van der Waals surface area contributed by atoms with Gasteiger partial charge in [0.2, 0.25) is 5.89 Å². The molecule has 0 aliphatic rings. The highest BCUT2D eigenvalue weighted by Gasteiger charge is 2.28. The number of hydrogen-bond acceptors (Lipinski definition) is 7. The van der Waals surface area contributed by atoms with Gasteiger partial charge in [-0.2, -0.15) is 4.98 Å². The van der Waals surface area contributed by atoms with Crippen molar-refractivity contribution in [2.45, 2.75) is 49.5 Å². The van der Waals surface area contributed by atoms with Crippen LogP contribution in [0.3, 0.4) is 0 Å². The predicted molar refractivity (Wildman–Crippen MR) is 129 cm³/mol. The van der Waals surface area contributed by atoms with Crippen LogP contribution in [0.25, 0.3) is 0 Å². The van der Waals surface area contributed by atoms with Crippen molar-refractivity contribution >= 4 is 17.7 Å². The van der Waals surface area contributed by atoms with E-state index in [0.29, 0.717) is 31.3 Å². The van der Waals surface area contributed by atoms with Crippen LogP contribution in [0.1, 0.15) is 42.4 Å². The number of carboxylic acid groups (broad SMARTS) is 1. The summed E-state index contributed by atoms with van der Waals surface area (Å²) in [7, 11) is 0. The van der Waals surface area contributed by atoms with E-state index in [1.54, 1.807) is 20.1 Å². The standard InChI is InChI=1S/C26H25F2N3O4S/c1-26(2,25(32)33)36-21-9-5-17(6-10-21)14-31(15-20-4-3-11-34-20)16-24-29-23(30-35-24)12-18-7-8-19(27)13-22(18)28/h3-11,13H,12,14-16H2,1-2H3,(H,32,33). The minimum atomic E-state index is -0.931. The van der Waals surface area contributed by atoms with Gasteiger partial charge in [0.1, 0.15) is 22.1 Å². The number of aromatic nitrogens is 2. The Balaban J connectivity index is 1.45. The summed E-state index contributed by atoms with van der Waals surface area (Å²) in [6, 6.07) is 14.8. The number of carbonyl (C=O) groups is 1. The Bertz CT molecular complexity index is 1310. The Morgan fingerprint density at radius 2 is 1.86 bits per heavy atom. The third-order valence-electron chi connectivity index (χ3n) is 5.41. The molecule has 0 amide bonds. The topological polar surface area (TPSA) is 92.6 Å². The molecular weight excluding hydrogens is 488 g/mol. The van der Waals surface area contributed by atoms with E-state index >= 15 is 0 Å². The molecule has 0 radical (unpaired) electrons. The van der Waals surface area contributed by atoms with E-state index in [1.165, 1.54) is 23.9 Å². The number of halogens is 2. The zero-order valence-corrected chi connectivity index (χ0v) is 20.6. The fourth-order valence-electron chi connectivity index (χ4n) is 3.50. The second-order valence-corrected chi connectivity index (χ2v) is 10.5. The SMILES string of the molecule is CC(C)(Sc1ccc(CN(Cc2ccco2)Cc2nc(Cc3ccc(F)cc3F)no2)cc1)C(=O)O. The summed E-state index contributed by atoms with van der Waals surface area (Å²) in [5.74, 6) is -0.754. The Hall–Kier alpha value is -3.50. The molecule has 2 aromatic heterocycles. The zero-order valence-electron chi connectivity index (χ0n) is 19.8. The average Bonchev–Trinajstić information content (AvgIpc) is 3.49. The van der Waals surface area contributed by atoms with Gasteiger partial charge >= 0.3 is 5.97 Å². The summed E-state index contributed by atoms with van der Waals surface area (Å²) in [5.41, 5.74) is 1.28. The van der Waals surface area contributed by atoms with Crippen LogP contribution < -0.4 is 0 Å². The second-order valence-electron chi connectivity index (χ2n) is 8.80. The minimum Gasteiger partial charge on any atom is -0.480 e. The van der Waals surface area contributed by atoms with Gasteiger partial charge in [0, 0.05) is 23.9 Å². The van der Waals surface area contributed by atoms with Crippen LogP contribution in [-0.2, 0) is 30.8 Å². The van der Waals surface area contributed by atoms with E-state index < -0.39 is 22.4 Å². The summed E-state index contributed by atoms with van der Waals surface area (Å²) in [6.07, 6.45) is 1.69. The number of nitrogens with zero attached hydrogens (tertiary/aromatic N) is 3. The molecule has 0 aliphatic carbocycles. The predicted octanol–water partition coefficient (Wildman–Crippen LogP) is 5.69. The molecule has 0 spiro atoms. The van der Waals surface area contributed by atoms with Gasteiger partial charge in [0.25, 0.3) is 0 Å². The first-order valence-electron chi connectivity index (χ1n) is 11.2. The largest absolute Gasteiger partial charge is 0.480 e. The van der Waals surface area contributed by atoms with E-state index in [4.69, 9.17) is 8.94 Å². The molecule has 10 heteroatoms. The lowest BCUT2D eigenvalue weighted by molar-refractivity contribution is -0.138. The Morgan fingerprint density at radius 3 is 2.53 bits per heavy atom. The lowest BCUT2D eigenvalue weighted by Crippen LogP contribution is -2.26. The van der Waals surface area contributed by atoms with Crippen LogP contribution in [0.5, 0.6) is 0 Å². The third kappa shape index (κ3) is 6.79. The number of aliphatic carboxylic acids is 1. The van der Waals surface area contributed by atoms with Crippen molar-refractivity contribution in [2.24, 2.45) is 0 Å². The summed E-state index contributed by atoms with van der Waals surface area (Å²) in [5, 5.41) is 13.3. The van der Waals surface area contributed by atoms with Gasteiger partial charge in [-0.3, -0.25) is 9.69 Å². The smallest absolute Gasteiger partial charge is 0.319 e. The first-order chi connectivity index (χ1) is 17.2. The van der Waals surface area contributed by atoms with Crippen LogP contribution in [-0.4, -0.2) is 30.9 Å². The molecule has 7 nitrogen and oxygen atoms in total. The van der Waals surface area contributed by atoms with Gasteiger partial charge in [-0.15, -0.1) is 11.8 Å². The van der Waals surface area contributed by atoms with Crippen LogP contribution in [0.4, 0.5) is 8.78 Å². The van der Waals surface area contributed by atoms with Gasteiger partial charge in [-0.25, -0.2) is 8.78 Å². The fourth-order valence-corrected chi connectivity index (χ4v) is 4.45. The van der Waals surface area contributed by atoms with Crippen molar-refractivity contribution in [1.29, 1.82) is 0 Å². The van der Waals surface area contributed by atoms with Gasteiger partial charge in [-0.1, -0.05) is 23.4 Å². The molecule has 4 aromatic rings. The normalized spacial score (nSPS) is 11.8. The molecule has 0 atom stereocenters. The number of carboxylic acids is 1. The molecule has 4 rings (SSSR count). The molecular formula is C26H25F2N3O4S. The summed E-state index contributed by atoms with van der Waals surface area (Å²) in [6.45, 7) is 4.69. The molecule has 0 fully saturated rings. The zero-order chi connectivity index (χ0) is 25.7. The molecule has 1 N–H and O–H groups in total. The number of furan rings is 1. The number of rotatable bonds is 11. The molecule has 36 heavy (non-hydrogen) atoms. The molecule has 0 saturated carbocycles. The van der Waals surface area contributed by atoms with E-state index in [-0.39, 0.29) is 12.0 Å². The Kier molecular flexibility index (Phi) is 7.85. The van der Waals surface area contributed by atoms with Crippen molar-refractivity contribution in [3.8, 4) is 0 Å². The second kappa shape index (κ2) is 11.0. The highest BCUT2D eigenvalue weighted by Crippen LogP contribution is 2.32. The van der Waals surface area contributed by atoms with Gasteiger partial charge in [-0.05, 0) is 55.3 Å². The van der Waals surface area contributed by atoms with Gasteiger partial charge in [0.15, 0.2) is 5.82 Å². The molecule has 2 heterocycles. The van der Waals surface area contributed by atoms with Crippen LogP contribution in [0.15, 0.2) is 74.7 Å². The van der Waals surface area contributed by atoms with E-state index in [2.05, 4.69) is 15.0 Å². The molecule has 0 unspecified atom stereocenters. The first-order valence-corrected chi connectivity index (χ1v) is 12.0. The quantitative estimate of drug-likeness (QED) is 0.256. The lowest BCUT2D eigenvalue weighted by Gasteiger charge is -2.20. The van der Waals surface area contributed by atoms with E-state index in [1.807, 2.05) is 36.4 Å².